The van der Waals surface area contributed by atoms with E-state index in [0.29, 0.717) is 28.3 Å². The number of aromatic nitrogens is 1. The van der Waals surface area contributed by atoms with Crippen LogP contribution in [0.3, 0.4) is 0 Å². The van der Waals surface area contributed by atoms with E-state index in [9.17, 15) is 0 Å². The first-order valence-corrected chi connectivity index (χ1v) is 6.37. The molecule has 0 saturated carbocycles. The Labute approximate surface area is 111 Å². The van der Waals surface area contributed by atoms with Gasteiger partial charge in [0.05, 0.1) is 15.4 Å². The van der Waals surface area contributed by atoms with E-state index >= 15 is 0 Å². The lowest BCUT2D eigenvalue weighted by molar-refractivity contribution is 0.572. The van der Waals surface area contributed by atoms with Crippen molar-refractivity contribution >= 4 is 40.6 Å². The number of nitrogens with one attached hydrogen (secondary N) is 1. The molecule has 0 aliphatic carbocycles. The Balaban J connectivity index is 2.48. The SMILES string of the molecule is CC(C)CC(Cl)CNc1ncc(Cl)cc1Cl. The Kier molecular flexibility index (Phi) is 5.67. The van der Waals surface area contributed by atoms with Crippen LogP contribution in [0.15, 0.2) is 12.3 Å². The third kappa shape index (κ3) is 4.77. The number of nitrogens with zero attached hydrogens (tertiary/aromatic N) is 1. The summed E-state index contributed by atoms with van der Waals surface area (Å²) in [6.07, 6.45) is 2.52. The molecule has 16 heavy (non-hydrogen) atoms. The molecule has 0 fully saturated rings. The lowest BCUT2D eigenvalue weighted by Gasteiger charge is -2.13. The lowest BCUT2D eigenvalue weighted by Crippen LogP contribution is -2.17. The molecule has 2 nitrogen and oxygen atoms in total. The van der Waals surface area contributed by atoms with Gasteiger partial charge in [-0.25, -0.2) is 4.98 Å². The van der Waals surface area contributed by atoms with Gasteiger partial charge >= 0.3 is 0 Å². The Bertz CT molecular complexity index is 342. The number of pyridine rings is 1. The van der Waals surface area contributed by atoms with Crippen LogP contribution in [0.5, 0.6) is 0 Å². The summed E-state index contributed by atoms with van der Waals surface area (Å²) < 4.78 is 0. The van der Waals surface area contributed by atoms with Crippen molar-refractivity contribution in [3.63, 3.8) is 0 Å². The molecule has 1 atom stereocenters. The number of halogens is 3. The number of rotatable bonds is 5. The van der Waals surface area contributed by atoms with Crippen molar-refractivity contribution in [1.29, 1.82) is 0 Å². The van der Waals surface area contributed by atoms with Gasteiger partial charge in [0.1, 0.15) is 5.82 Å². The molecule has 1 heterocycles. The van der Waals surface area contributed by atoms with E-state index in [1.54, 1.807) is 12.3 Å². The first kappa shape index (κ1) is 13.9. The molecule has 90 valence electrons. The van der Waals surface area contributed by atoms with Crippen molar-refractivity contribution in [1.82, 2.24) is 4.98 Å². The normalized spacial score (nSPS) is 12.9. The highest BCUT2D eigenvalue weighted by molar-refractivity contribution is 6.35. The molecule has 1 aromatic heterocycles. The van der Waals surface area contributed by atoms with Gasteiger partial charge in [0.25, 0.3) is 0 Å². The maximum atomic E-state index is 6.15. The third-order valence-electron chi connectivity index (χ3n) is 2.03. The minimum Gasteiger partial charge on any atom is -0.367 e. The molecule has 1 rings (SSSR count). The summed E-state index contributed by atoms with van der Waals surface area (Å²) in [4.78, 5) is 4.10. The molecule has 0 bridgehead atoms. The van der Waals surface area contributed by atoms with Crippen LogP contribution in [0.1, 0.15) is 20.3 Å². The maximum Gasteiger partial charge on any atom is 0.144 e. The van der Waals surface area contributed by atoms with Crippen molar-refractivity contribution in [3.05, 3.63) is 22.3 Å². The van der Waals surface area contributed by atoms with E-state index in [0.717, 1.165) is 6.42 Å². The quantitative estimate of drug-likeness (QED) is 0.806. The Hall–Kier alpha value is -0.180. The second-order valence-corrected chi connectivity index (χ2v) is 5.55. The Morgan fingerprint density at radius 1 is 1.38 bits per heavy atom. The molecule has 0 aliphatic rings. The fourth-order valence-corrected chi connectivity index (χ4v) is 2.23. The standard InChI is InChI=1S/C11H15Cl3N2/c1-7(2)3-8(12)5-15-11-10(14)4-9(13)6-16-11/h4,6-8H,3,5H2,1-2H3,(H,15,16). The number of hydrogen-bond acceptors (Lipinski definition) is 2. The van der Waals surface area contributed by atoms with Crippen LogP contribution in [-0.2, 0) is 0 Å². The second kappa shape index (κ2) is 6.53. The summed E-state index contributed by atoms with van der Waals surface area (Å²) in [5, 5.41) is 4.23. The van der Waals surface area contributed by atoms with Crippen molar-refractivity contribution in [3.8, 4) is 0 Å². The van der Waals surface area contributed by atoms with E-state index in [4.69, 9.17) is 34.8 Å². The van der Waals surface area contributed by atoms with Gasteiger partial charge in [-0.15, -0.1) is 11.6 Å². The predicted octanol–water partition coefficient (Wildman–Crippen LogP) is 4.45. The zero-order chi connectivity index (χ0) is 12.1. The lowest BCUT2D eigenvalue weighted by atomic mass is 10.1. The highest BCUT2D eigenvalue weighted by atomic mass is 35.5. The van der Waals surface area contributed by atoms with Gasteiger partial charge in [0, 0.05) is 12.7 Å². The maximum absolute atomic E-state index is 6.15. The highest BCUT2D eigenvalue weighted by Gasteiger charge is 2.09. The molecular formula is C11H15Cl3N2. The van der Waals surface area contributed by atoms with Crippen LogP contribution in [0.25, 0.3) is 0 Å². The molecule has 5 heteroatoms. The minimum absolute atomic E-state index is 0.0774. The highest BCUT2D eigenvalue weighted by Crippen LogP contribution is 2.23. The zero-order valence-corrected chi connectivity index (χ0v) is 11.6. The minimum atomic E-state index is 0.0774. The van der Waals surface area contributed by atoms with Gasteiger partial charge < -0.3 is 5.32 Å². The largest absolute Gasteiger partial charge is 0.367 e. The molecular weight excluding hydrogens is 266 g/mol. The molecule has 1 unspecified atom stereocenters. The fraction of sp³-hybridized carbons (Fsp3) is 0.545. The van der Waals surface area contributed by atoms with E-state index in [1.165, 1.54) is 0 Å². The van der Waals surface area contributed by atoms with Gasteiger partial charge in [-0.05, 0) is 18.4 Å². The number of anilines is 1. The van der Waals surface area contributed by atoms with Gasteiger partial charge in [-0.3, -0.25) is 0 Å². The number of alkyl halides is 1. The first-order chi connectivity index (χ1) is 7.49. The van der Waals surface area contributed by atoms with E-state index in [1.807, 2.05) is 0 Å². The summed E-state index contributed by atoms with van der Waals surface area (Å²) in [5.41, 5.74) is 0. The van der Waals surface area contributed by atoms with Gasteiger partial charge in [0.15, 0.2) is 0 Å². The molecule has 1 N–H and O–H groups in total. The molecule has 0 amide bonds. The van der Waals surface area contributed by atoms with Crippen LogP contribution in [0.4, 0.5) is 5.82 Å². The Morgan fingerprint density at radius 3 is 2.62 bits per heavy atom. The summed E-state index contributed by atoms with van der Waals surface area (Å²) in [6.45, 7) is 4.93. The first-order valence-electron chi connectivity index (χ1n) is 5.18. The second-order valence-electron chi connectivity index (χ2n) is 4.09. The molecule has 0 aliphatic heterocycles. The van der Waals surface area contributed by atoms with Gasteiger partial charge in [0.2, 0.25) is 0 Å². The fourth-order valence-electron chi connectivity index (χ4n) is 1.35. The van der Waals surface area contributed by atoms with Gasteiger partial charge in [-0.1, -0.05) is 37.0 Å². The van der Waals surface area contributed by atoms with Crippen LogP contribution in [-0.4, -0.2) is 16.9 Å². The summed E-state index contributed by atoms with van der Waals surface area (Å²) in [7, 11) is 0. The molecule has 0 spiro atoms. The summed E-state index contributed by atoms with van der Waals surface area (Å²) >= 11 is 17.9. The van der Waals surface area contributed by atoms with Crippen molar-refractivity contribution in [2.45, 2.75) is 25.6 Å². The van der Waals surface area contributed by atoms with Crippen molar-refractivity contribution in [2.75, 3.05) is 11.9 Å². The monoisotopic (exact) mass is 280 g/mol. The van der Waals surface area contributed by atoms with E-state index in [-0.39, 0.29) is 5.38 Å². The number of hydrogen-bond donors (Lipinski definition) is 1. The predicted molar refractivity (Wildman–Crippen MR) is 71.8 cm³/mol. The van der Waals surface area contributed by atoms with E-state index < -0.39 is 0 Å². The van der Waals surface area contributed by atoms with Crippen LogP contribution in [0, 0.1) is 5.92 Å². The average Bonchev–Trinajstić information content (AvgIpc) is 2.15. The van der Waals surface area contributed by atoms with Crippen molar-refractivity contribution < 1.29 is 0 Å². The van der Waals surface area contributed by atoms with E-state index in [2.05, 4.69) is 24.1 Å². The molecule has 0 radical (unpaired) electrons. The van der Waals surface area contributed by atoms with Gasteiger partial charge in [-0.2, -0.15) is 0 Å². The molecule has 0 aromatic carbocycles. The Morgan fingerprint density at radius 2 is 2.06 bits per heavy atom. The van der Waals surface area contributed by atoms with Crippen LogP contribution >= 0.6 is 34.8 Å². The smallest absolute Gasteiger partial charge is 0.144 e. The topological polar surface area (TPSA) is 24.9 Å². The molecule has 0 saturated heterocycles. The summed E-state index contributed by atoms with van der Waals surface area (Å²) in [6, 6.07) is 1.66. The third-order valence-corrected chi connectivity index (χ3v) is 2.85. The van der Waals surface area contributed by atoms with Crippen LogP contribution < -0.4 is 5.32 Å². The van der Waals surface area contributed by atoms with Crippen molar-refractivity contribution in [2.24, 2.45) is 5.92 Å². The zero-order valence-electron chi connectivity index (χ0n) is 9.30. The molecule has 1 aromatic rings. The average molecular weight is 282 g/mol. The summed E-state index contributed by atoms with van der Waals surface area (Å²) in [5.74, 6) is 1.21. The van der Waals surface area contributed by atoms with Crippen LogP contribution in [0.2, 0.25) is 10.0 Å².